The molecule has 0 atom stereocenters. The molecular formula is C18H22N2O5S. The van der Waals surface area contributed by atoms with Crippen LogP contribution in [0.3, 0.4) is 0 Å². The van der Waals surface area contributed by atoms with Crippen molar-refractivity contribution in [2.75, 3.05) is 6.54 Å². The highest BCUT2D eigenvalue weighted by molar-refractivity contribution is 7.90. The van der Waals surface area contributed by atoms with Gasteiger partial charge in [0, 0.05) is 18.9 Å². The van der Waals surface area contributed by atoms with E-state index in [1.54, 1.807) is 26.0 Å². The van der Waals surface area contributed by atoms with Gasteiger partial charge in [-0.3, -0.25) is 9.59 Å². The van der Waals surface area contributed by atoms with Crippen LogP contribution in [0.5, 0.6) is 0 Å². The first-order valence-electron chi connectivity index (χ1n) is 8.06. The fourth-order valence-corrected chi connectivity index (χ4v) is 3.39. The summed E-state index contributed by atoms with van der Waals surface area (Å²) in [5, 5.41) is 11.7. The molecule has 140 valence electrons. The molecule has 26 heavy (non-hydrogen) atoms. The minimum Gasteiger partial charge on any atom is -0.481 e. The maximum Gasteiger partial charge on any atom is 0.309 e. The van der Waals surface area contributed by atoms with Gasteiger partial charge in [-0.2, -0.15) is 0 Å². The number of aromatic nitrogens is 1. The predicted octanol–water partition coefficient (Wildman–Crippen LogP) is 2.26. The zero-order valence-corrected chi connectivity index (χ0v) is 15.7. The largest absolute Gasteiger partial charge is 0.481 e. The van der Waals surface area contributed by atoms with Crippen molar-refractivity contribution in [3.8, 4) is 0 Å². The summed E-state index contributed by atoms with van der Waals surface area (Å²) in [6.07, 6.45) is 2.81. The molecule has 0 unspecified atom stereocenters. The third-order valence-corrected chi connectivity index (χ3v) is 5.79. The van der Waals surface area contributed by atoms with Crippen molar-refractivity contribution in [2.24, 2.45) is 5.41 Å². The average Bonchev–Trinajstić information content (AvgIpc) is 3.05. The van der Waals surface area contributed by atoms with Gasteiger partial charge in [0.2, 0.25) is 0 Å². The summed E-state index contributed by atoms with van der Waals surface area (Å²) in [6.45, 7) is 5.19. The number of hydrogen-bond acceptors (Lipinski definition) is 4. The first kappa shape index (κ1) is 19.7. The smallest absolute Gasteiger partial charge is 0.309 e. The molecule has 0 fully saturated rings. The molecule has 0 saturated heterocycles. The minimum atomic E-state index is -3.76. The highest BCUT2D eigenvalue weighted by Gasteiger charge is 2.26. The Morgan fingerprint density at radius 2 is 1.77 bits per heavy atom. The number of aryl methyl sites for hydroxylation is 1. The second-order valence-corrected chi connectivity index (χ2v) is 8.59. The lowest BCUT2D eigenvalue weighted by Crippen LogP contribution is -2.31. The molecule has 0 aliphatic heterocycles. The van der Waals surface area contributed by atoms with Crippen LogP contribution in [-0.4, -0.2) is 35.9 Å². The van der Waals surface area contributed by atoms with Gasteiger partial charge >= 0.3 is 5.97 Å². The van der Waals surface area contributed by atoms with Crippen molar-refractivity contribution < 1.29 is 23.1 Å². The number of aliphatic carboxylic acids is 1. The Morgan fingerprint density at radius 1 is 1.15 bits per heavy atom. The Kier molecular flexibility index (Phi) is 5.56. The first-order valence-corrected chi connectivity index (χ1v) is 9.50. The molecule has 2 rings (SSSR count). The molecule has 0 aliphatic carbocycles. The van der Waals surface area contributed by atoms with Gasteiger partial charge in [-0.1, -0.05) is 17.7 Å². The number of carbonyl (C=O) groups excluding carboxylic acids is 1. The van der Waals surface area contributed by atoms with E-state index in [-0.39, 0.29) is 23.4 Å². The van der Waals surface area contributed by atoms with Gasteiger partial charge in [-0.05, 0) is 45.4 Å². The van der Waals surface area contributed by atoms with E-state index in [0.717, 1.165) is 9.54 Å². The van der Waals surface area contributed by atoms with Crippen LogP contribution in [0.2, 0.25) is 0 Å². The molecule has 1 heterocycles. The lowest BCUT2D eigenvalue weighted by atomic mass is 9.90. The molecule has 0 aliphatic rings. The quantitative estimate of drug-likeness (QED) is 0.769. The van der Waals surface area contributed by atoms with Crippen LogP contribution < -0.4 is 5.32 Å². The highest BCUT2D eigenvalue weighted by Crippen LogP contribution is 2.19. The van der Waals surface area contributed by atoms with E-state index in [0.29, 0.717) is 0 Å². The number of carboxylic acid groups (broad SMARTS) is 1. The van der Waals surface area contributed by atoms with Gasteiger partial charge in [0.25, 0.3) is 15.9 Å². The molecule has 0 spiro atoms. The standard InChI is InChI=1S/C18H22N2O5S/c1-13-4-6-15(7-5-13)26(24,25)20-11-8-14(12-20)16(21)19-10-9-18(2,3)17(22)23/h4-8,11-12H,9-10H2,1-3H3,(H,19,21)(H,22,23). The molecule has 0 bridgehead atoms. The third kappa shape index (κ3) is 4.32. The lowest BCUT2D eigenvalue weighted by molar-refractivity contribution is -0.147. The van der Waals surface area contributed by atoms with Gasteiger partial charge in [0.1, 0.15) is 0 Å². The molecule has 1 aromatic heterocycles. The van der Waals surface area contributed by atoms with Crippen molar-refractivity contribution in [3.05, 3.63) is 53.9 Å². The Hall–Kier alpha value is -2.61. The van der Waals surface area contributed by atoms with Crippen LogP contribution in [0.25, 0.3) is 0 Å². The molecule has 8 heteroatoms. The van der Waals surface area contributed by atoms with Crippen LogP contribution in [0.1, 0.15) is 36.2 Å². The summed E-state index contributed by atoms with van der Waals surface area (Å²) >= 11 is 0. The monoisotopic (exact) mass is 378 g/mol. The highest BCUT2D eigenvalue weighted by atomic mass is 32.2. The summed E-state index contributed by atoms with van der Waals surface area (Å²) in [5.74, 6) is -1.40. The maximum atomic E-state index is 12.6. The SMILES string of the molecule is Cc1ccc(S(=O)(=O)n2ccc(C(=O)NCCC(C)(C)C(=O)O)c2)cc1. The van der Waals surface area contributed by atoms with Gasteiger partial charge < -0.3 is 10.4 Å². The van der Waals surface area contributed by atoms with Crippen LogP contribution in [-0.2, 0) is 14.8 Å². The Morgan fingerprint density at radius 3 is 2.35 bits per heavy atom. The Bertz CT molecular complexity index is 911. The zero-order chi connectivity index (χ0) is 19.5. The summed E-state index contributed by atoms with van der Waals surface area (Å²) in [6, 6.07) is 7.84. The zero-order valence-electron chi connectivity index (χ0n) is 14.9. The number of benzene rings is 1. The maximum absolute atomic E-state index is 12.6. The number of nitrogens with zero attached hydrogens (tertiary/aromatic N) is 1. The molecule has 7 nitrogen and oxygen atoms in total. The molecule has 1 amide bonds. The number of hydrogen-bond donors (Lipinski definition) is 2. The molecule has 2 aromatic rings. The first-order chi connectivity index (χ1) is 12.0. The number of amides is 1. The van der Waals surface area contributed by atoms with Crippen LogP contribution in [0.15, 0.2) is 47.6 Å². The molecular weight excluding hydrogens is 356 g/mol. The molecule has 2 N–H and O–H groups in total. The molecule has 0 saturated carbocycles. The van der Waals surface area contributed by atoms with Crippen LogP contribution in [0, 0.1) is 12.3 Å². The fourth-order valence-electron chi connectivity index (χ4n) is 2.19. The molecule has 1 aromatic carbocycles. The summed E-state index contributed by atoms with van der Waals surface area (Å²) in [5.41, 5.74) is 0.184. The van der Waals surface area contributed by atoms with E-state index in [1.807, 2.05) is 6.92 Å². The van der Waals surface area contributed by atoms with Crippen molar-refractivity contribution in [3.63, 3.8) is 0 Å². The predicted molar refractivity (Wildman–Crippen MR) is 96.6 cm³/mol. The van der Waals surface area contributed by atoms with E-state index >= 15 is 0 Å². The number of carboxylic acids is 1. The van der Waals surface area contributed by atoms with Crippen molar-refractivity contribution in [1.29, 1.82) is 0 Å². The number of carbonyl (C=O) groups is 2. The van der Waals surface area contributed by atoms with Crippen molar-refractivity contribution >= 4 is 21.9 Å². The number of rotatable bonds is 7. The van der Waals surface area contributed by atoms with E-state index in [2.05, 4.69) is 5.32 Å². The summed E-state index contributed by atoms with van der Waals surface area (Å²) in [7, 11) is -3.76. The van der Waals surface area contributed by atoms with E-state index in [1.165, 1.54) is 30.6 Å². The lowest BCUT2D eigenvalue weighted by Gasteiger charge is -2.18. The van der Waals surface area contributed by atoms with Gasteiger partial charge in [0.15, 0.2) is 0 Å². The summed E-state index contributed by atoms with van der Waals surface area (Å²) in [4.78, 5) is 23.3. The second kappa shape index (κ2) is 7.33. The normalized spacial score (nSPS) is 12.0. The number of nitrogens with one attached hydrogen (secondary N) is 1. The van der Waals surface area contributed by atoms with Crippen LogP contribution >= 0.6 is 0 Å². The fraction of sp³-hybridized carbons (Fsp3) is 0.333. The Labute approximate surface area is 152 Å². The average molecular weight is 378 g/mol. The van der Waals surface area contributed by atoms with Gasteiger partial charge in [-0.15, -0.1) is 0 Å². The molecule has 0 radical (unpaired) electrons. The van der Waals surface area contributed by atoms with Crippen LogP contribution in [0.4, 0.5) is 0 Å². The van der Waals surface area contributed by atoms with Gasteiger partial charge in [0.05, 0.1) is 15.9 Å². The minimum absolute atomic E-state index is 0.133. The topological polar surface area (TPSA) is 105 Å². The Balaban J connectivity index is 2.08. The van der Waals surface area contributed by atoms with E-state index in [9.17, 15) is 18.0 Å². The van der Waals surface area contributed by atoms with Crippen molar-refractivity contribution in [2.45, 2.75) is 32.1 Å². The van der Waals surface area contributed by atoms with Gasteiger partial charge in [-0.25, -0.2) is 12.4 Å². The third-order valence-electron chi connectivity index (χ3n) is 4.14. The van der Waals surface area contributed by atoms with E-state index < -0.39 is 27.3 Å². The summed E-state index contributed by atoms with van der Waals surface area (Å²) < 4.78 is 26.1. The van der Waals surface area contributed by atoms with Crippen molar-refractivity contribution in [1.82, 2.24) is 9.29 Å². The van der Waals surface area contributed by atoms with E-state index in [4.69, 9.17) is 5.11 Å². The second-order valence-electron chi connectivity index (χ2n) is 6.74.